The van der Waals surface area contributed by atoms with Crippen molar-refractivity contribution in [3.05, 3.63) is 40.9 Å². The van der Waals surface area contributed by atoms with Gasteiger partial charge in [-0.2, -0.15) is 0 Å². The molecule has 120 valence electrons. The van der Waals surface area contributed by atoms with E-state index >= 15 is 0 Å². The van der Waals surface area contributed by atoms with Gasteiger partial charge in [0.15, 0.2) is 0 Å². The largest absolute Gasteiger partial charge is 0.376 e. The molecule has 2 rings (SSSR count). The van der Waals surface area contributed by atoms with Crippen molar-refractivity contribution in [1.82, 2.24) is 4.90 Å². The summed E-state index contributed by atoms with van der Waals surface area (Å²) >= 11 is 1.90. The zero-order valence-electron chi connectivity index (χ0n) is 13.6. The number of hydrogen-bond acceptors (Lipinski definition) is 4. The zero-order valence-corrected chi connectivity index (χ0v) is 14.4. The summed E-state index contributed by atoms with van der Waals surface area (Å²) in [5.74, 6) is 0. The van der Waals surface area contributed by atoms with Crippen LogP contribution in [0.2, 0.25) is 0 Å². The second kappa shape index (κ2) is 8.99. The van der Waals surface area contributed by atoms with Crippen molar-refractivity contribution in [2.24, 2.45) is 5.18 Å². The first-order valence-electron chi connectivity index (χ1n) is 8.32. The van der Waals surface area contributed by atoms with Crippen LogP contribution in [-0.4, -0.2) is 23.2 Å². The smallest absolute Gasteiger partial charge is 0.108 e. The standard InChI is InChI=1S/C18H26N2OS/c1-3-20(4-2)16-8-6-5-7-9-18(14-16)22-17-12-10-15(19-21)11-13-17/h10-14,18H,3-9H2,1-2H3/b16-14+. The molecule has 0 spiro atoms. The lowest BCUT2D eigenvalue weighted by Crippen LogP contribution is -2.24. The molecule has 0 heterocycles. The summed E-state index contributed by atoms with van der Waals surface area (Å²) in [6.45, 7) is 6.63. The Morgan fingerprint density at radius 2 is 1.86 bits per heavy atom. The predicted molar refractivity (Wildman–Crippen MR) is 95.6 cm³/mol. The van der Waals surface area contributed by atoms with Crippen LogP contribution in [-0.2, 0) is 0 Å². The van der Waals surface area contributed by atoms with Gasteiger partial charge in [0.05, 0.1) is 0 Å². The fourth-order valence-electron chi connectivity index (χ4n) is 2.96. The molecule has 1 atom stereocenters. The third kappa shape index (κ3) is 4.87. The number of nitroso groups, excluding NO2 is 1. The van der Waals surface area contributed by atoms with Crippen LogP contribution in [0, 0.1) is 4.91 Å². The molecule has 1 aliphatic rings. The molecule has 1 aromatic carbocycles. The number of nitrogens with zero attached hydrogens (tertiary/aromatic N) is 2. The molecule has 0 amide bonds. The molecule has 0 saturated heterocycles. The van der Waals surface area contributed by atoms with Gasteiger partial charge in [-0.05, 0) is 62.6 Å². The molecule has 0 aliphatic heterocycles. The average Bonchev–Trinajstić information content (AvgIpc) is 2.53. The molecular weight excluding hydrogens is 292 g/mol. The molecule has 0 radical (unpaired) electrons. The summed E-state index contributed by atoms with van der Waals surface area (Å²) in [7, 11) is 0. The summed E-state index contributed by atoms with van der Waals surface area (Å²) in [4.78, 5) is 14.2. The van der Waals surface area contributed by atoms with E-state index in [-0.39, 0.29) is 0 Å². The first kappa shape index (κ1) is 17.1. The molecule has 0 saturated carbocycles. The molecule has 1 aromatic rings. The molecule has 0 aromatic heterocycles. The van der Waals surface area contributed by atoms with E-state index in [1.165, 1.54) is 42.7 Å². The molecule has 3 nitrogen and oxygen atoms in total. The quantitative estimate of drug-likeness (QED) is 0.627. The molecule has 0 N–H and O–H groups in total. The van der Waals surface area contributed by atoms with Gasteiger partial charge in [0.1, 0.15) is 5.69 Å². The van der Waals surface area contributed by atoms with Gasteiger partial charge < -0.3 is 4.90 Å². The van der Waals surface area contributed by atoms with Crippen molar-refractivity contribution >= 4 is 17.4 Å². The molecule has 0 fully saturated rings. The monoisotopic (exact) mass is 318 g/mol. The fourth-order valence-corrected chi connectivity index (χ4v) is 4.11. The SMILES string of the molecule is CCN(CC)/C1=C/C(Sc2ccc(N=O)cc2)CCCCC1. The van der Waals surface area contributed by atoms with Crippen molar-refractivity contribution in [2.45, 2.75) is 56.1 Å². The Bertz CT molecular complexity index is 494. The van der Waals surface area contributed by atoms with Crippen LogP contribution >= 0.6 is 11.8 Å². The van der Waals surface area contributed by atoms with Gasteiger partial charge in [0, 0.05) is 28.9 Å². The Morgan fingerprint density at radius 1 is 1.14 bits per heavy atom. The van der Waals surface area contributed by atoms with Gasteiger partial charge in [-0.1, -0.05) is 18.9 Å². The first-order chi connectivity index (χ1) is 10.8. The third-order valence-corrected chi connectivity index (χ3v) is 5.42. The van der Waals surface area contributed by atoms with Crippen molar-refractivity contribution in [1.29, 1.82) is 0 Å². The number of allylic oxidation sites excluding steroid dienone is 1. The van der Waals surface area contributed by atoms with E-state index in [9.17, 15) is 4.91 Å². The van der Waals surface area contributed by atoms with Crippen molar-refractivity contribution in [3.8, 4) is 0 Å². The Kier molecular flexibility index (Phi) is 6.97. The minimum atomic E-state index is 0.501. The maximum atomic E-state index is 10.5. The van der Waals surface area contributed by atoms with E-state index in [0.717, 1.165) is 13.1 Å². The van der Waals surface area contributed by atoms with Crippen LogP contribution in [0.3, 0.4) is 0 Å². The number of thioether (sulfide) groups is 1. The molecule has 1 unspecified atom stereocenters. The lowest BCUT2D eigenvalue weighted by atomic mass is 10.0. The second-order valence-corrected chi connectivity index (χ2v) is 6.98. The van der Waals surface area contributed by atoms with Gasteiger partial charge in [-0.3, -0.25) is 0 Å². The number of rotatable bonds is 6. The summed E-state index contributed by atoms with van der Waals surface area (Å²) < 4.78 is 0. The van der Waals surface area contributed by atoms with Crippen LogP contribution in [0.5, 0.6) is 0 Å². The minimum Gasteiger partial charge on any atom is -0.376 e. The second-order valence-electron chi connectivity index (χ2n) is 5.67. The molecule has 22 heavy (non-hydrogen) atoms. The Morgan fingerprint density at radius 3 is 2.50 bits per heavy atom. The van der Waals surface area contributed by atoms with E-state index in [0.29, 0.717) is 10.9 Å². The fraction of sp³-hybridized carbons (Fsp3) is 0.556. The van der Waals surface area contributed by atoms with Crippen molar-refractivity contribution in [2.75, 3.05) is 13.1 Å². The maximum Gasteiger partial charge on any atom is 0.108 e. The highest BCUT2D eigenvalue weighted by Crippen LogP contribution is 2.32. The molecule has 1 aliphatic carbocycles. The van der Waals surface area contributed by atoms with Crippen molar-refractivity contribution < 1.29 is 0 Å². The highest BCUT2D eigenvalue weighted by atomic mass is 32.2. The van der Waals surface area contributed by atoms with E-state index in [2.05, 4.69) is 30.0 Å². The van der Waals surface area contributed by atoms with Gasteiger partial charge in [-0.25, -0.2) is 0 Å². The topological polar surface area (TPSA) is 32.7 Å². The van der Waals surface area contributed by atoms with E-state index in [4.69, 9.17) is 0 Å². The average molecular weight is 318 g/mol. The number of benzene rings is 1. The van der Waals surface area contributed by atoms with Gasteiger partial charge in [0.25, 0.3) is 0 Å². The normalized spacial score (nSPS) is 21.4. The van der Waals surface area contributed by atoms with E-state index in [1.54, 1.807) is 12.1 Å². The van der Waals surface area contributed by atoms with Gasteiger partial charge in [0.2, 0.25) is 0 Å². The lowest BCUT2D eigenvalue weighted by molar-refractivity contribution is 0.358. The molecule has 4 heteroatoms. The molecular formula is C18H26N2OS. The van der Waals surface area contributed by atoms with E-state index < -0.39 is 0 Å². The van der Waals surface area contributed by atoms with Crippen LogP contribution in [0.1, 0.15) is 46.0 Å². The summed E-state index contributed by atoms with van der Waals surface area (Å²) in [6, 6.07) is 7.61. The van der Waals surface area contributed by atoms with Crippen LogP contribution in [0.15, 0.2) is 46.1 Å². The lowest BCUT2D eigenvalue weighted by Gasteiger charge is -2.28. The highest BCUT2D eigenvalue weighted by molar-refractivity contribution is 8.00. The Balaban J connectivity index is 2.12. The van der Waals surface area contributed by atoms with Crippen LogP contribution in [0.25, 0.3) is 0 Å². The summed E-state index contributed by atoms with van der Waals surface area (Å²) in [5, 5.41) is 3.48. The summed E-state index contributed by atoms with van der Waals surface area (Å²) in [6.07, 6.45) is 8.83. The Hall–Kier alpha value is -1.29. The van der Waals surface area contributed by atoms with Crippen LogP contribution in [0.4, 0.5) is 5.69 Å². The summed E-state index contributed by atoms with van der Waals surface area (Å²) in [5.41, 5.74) is 2.01. The number of hydrogen-bond donors (Lipinski definition) is 0. The van der Waals surface area contributed by atoms with Gasteiger partial charge in [-0.15, -0.1) is 16.7 Å². The van der Waals surface area contributed by atoms with Gasteiger partial charge >= 0.3 is 0 Å². The van der Waals surface area contributed by atoms with Crippen molar-refractivity contribution in [3.63, 3.8) is 0 Å². The molecule has 0 bridgehead atoms. The zero-order chi connectivity index (χ0) is 15.8. The Labute approximate surface area is 138 Å². The maximum absolute atomic E-state index is 10.5. The van der Waals surface area contributed by atoms with Crippen LogP contribution < -0.4 is 0 Å². The van der Waals surface area contributed by atoms with E-state index in [1.807, 2.05) is 23.9 Å². The third-order valence-electron chi connectivity index (χ3n) is 4.20. The first-order valence-corrected chi connectivity index (χ1v) is 9.20. The minimum absolute atomic E-state index is 0.501. The predicted octanol–water partition coefficient (Wildman–Crippen LogP) is 5.74. The highest BCUT2D eigenvalue weighted by Gasteiger charge is 2.15.